The maximum absolute atomic E-state index is 12.6. The molecular formula is C12H25N3O3S. The third-order valence-electron chi connectivity index (χ3n) is 3.68. The number of hydrogen-bond acceptors (Lipinski definition) is 4. The fourth-order valence-electron chi connectivity index (χ4n) is 2.80. The Labute approximate surface area is 116 Å². The number of nitrogens with zero attached hydrogens (tertiary/aromatic N) is 2. The van der Waals surface area contributed by atoms with Crippen molar-refractivity contribution in [2.75, 3.05) is 32.7 Å². The predicted octanol–water partition coefficient (Wildman–Crippen LogP) is 0.155. The van der Waals surface area contributed by atoms with Crippen LogP contribution in [0.2, 0.25) is 0 Å². The van der Waals surface area contributed by atoms with Gasteiger partial charge in [0.15, 0.2) is 0 Å². The molecule has 0 bridgehead atoms. The Hall–Kier alpha value is -0.210. The van der Waals surface area contributed by atoms with E-state index >= 15 is 0 Å². The van der Waals surface area contributed by atoms with Crippen LogP contribution in [0.1, 0.15) is 33.1 Å². The number of rotatable bonds is 3. The predicted molar refractivity (Wildman–Crippen MR) is 73.9 cm³/mol. The van der Waals surface area contributed by atoms with Gasteiger partial charge in [-0.15, -0.1) is 0 Å². The molecule has 0 radical (unpaired) electrons. The van der Waals surface area contributed by atoms with E-state index in [2.05, 4.69) is 0 Å². The van der Waals surface area contributed by atoms with Crippen LogP contribution in [0.3, 0.4) is 0 Å². The van der Waals surface area contributed by atoms with Crippen LogP contribution < -0.4 is 5.73 Å². The summed E-state index contributed by atoms with van der Waals surface area (Å²) in [4.78, 5) is 0. The van der Waals surface area contributed by atoms with Gasteiger partial charge >= 0.3 is 0 Å². The Morgan fingerprint density at radius 1 is 1.21 bits per heavy atom. The quantitative estimate of drug-likeness (QED) is 0.803. The highest BCUT2D eigenvalue weighted by molar-refractivity contribution is 7.86. The zero-order valence-electron chi connectivity index (χ0n) is 11.8. The SMILES string of the molecule is CC1(C)CN(S(=O)(=O)N2CCCCC2)CC(CN)O1. The van der Waals surface area contributed by atoms with Crippen LogP contribution in [0, 0.1) is 0 Å². The second-order valence-corrected chi connectivity index (χ2v) is 7.92. The molecule has 0 aromatic rings. The summed E-state index contributed by atoms with van der Waals surface area (Å²) < 4.78 is 34.2. The molecule has 1 atom stereocenters. The van der Waals surface area contributed by atoms with Crippen LogP contribution in [-0.4, -0.2) is 61.5 Å². The minimum Gasteiger partial charge on any atom is -0.368 e. The molecule has 2 rings (SSSR count). The van der Waals surface area contributed by atoms with Gasteiger partial charge < -0.3 is 10.5 Å². The summed E-state index contributed by atoms with van der Waals surface area (Å²) in [5.74, 6) is 0. The molecule has 2 heterocycles. The molecule has 0 saturated carbocycles. The summed E-state index contributed by atoms with van der Waals surface area (Å²) in [5.41, 5.74) is 5.17. The smallest absolute Gasteiger partial charge is 0.282 e. The Balaban J connectivity index is 2.14. The first-order valence-electron chi connectivity index (χ1n) is 6.98. The fourth-order valence-corrected chi connectivity index (χ4v) is 4.67. The topological polar surface area (TPSA) is 75.9 Å². The van der Waals surface area contributed by atoms with Crippen LogP contribution in [0.5, 0.6) is 0 Å². The van der Waals surface area contributed by atoms with Crippen molar-refractivity contribution in [3.8, 4) is 0 Å². The van der Waals surface area contributed by atoms with Crippen molar-refractivity contribution < 1.29 is 13.2 Å². The fraction of sp³-hybridized carbons (Fsp3) is 1.00. The standard InChI is InChI=1S/C12H25N3O3S/c1-12(2)10-15(9-11(8-13)18-12)19(16,17)14-6-4-3-5-7-14/h11H,3-10,13H2,1-2H3. The van der Waals surface area contributed by atoms with Gasteiger partial charge in [-0.05, 0) is 26.7 Å². The molecule has 2 N–H and O–H groups in total. The average molecular weight is 291 g/mol. The molecule has 2 aliphatic rings. The van der Waals surface area contributed by atoms with Crippen LogP contribution in [0.4, 0.5) is 0 Å². The van der Waals surface area contributed by atoms with Crippen LogP contribution >= 0.6 is 0 Å². The molecule has 2 aliphatic heterocycles. The molecule has 2 saturated heterocycles. The molecule has 7 heteroatoms. The zero-order valence-corrected chi connectivity index (χ0v) is 12.7. The first-order chi connectivity index (χ1) is 8.85. The maximum Gasteiger partial charge on any atom is 0.282 e. The molecule has 19 heavy (non-hydrogen) atoms. The normalized spacial score (nSPS) is 30.4. The van der Waals surface area contributed by atoms with Crippen molar-refractivity contribution in [3.05, 3.63) is 0 Å². The molecule has 0 spiro atoms. The summed E-state index contributed by atoms with van der Waals surface area (Å²) in [7, 11) is -3.37. The van der Waals surface area contributed by atoms with E-state index in [4.69, 9.17) is 10.5 Å². The Kier molecular flexibility index (Phi) is 4.52. The third kappa shape index (κ3) is 3.46. The highest BCUT2D eigenvalue weighted by atomic mass is 32.2. The van der Waals surface area contributed by atoms with Crippen molar-refractivity contribution >= 4 is 10.2 Å². The lowest BCUT2D eigenvalue weighted by molar-refractivity contribution is -0.113. The summed E-state index contributed by atoms with van der Waals surface area (Å²) in [5, 5.41) is 0. The first-order valence-corrected chi connectivity index (χ1v) is 8.38. The minimum absolute atomic E-state index is 0.219. The summed E-state index contributed by atoms with van der Waals surface area (Å²) in [6.45, 7) is 6.18. The van der Waals surface area contributed by atoms with Gasteiger partial charge in [0.25, 0.3) is 10.2 Å². The van der Waals surface area contributed by atoms with E-state index in [0.29, 0.717) is 32.7 Å². The van der Waals surface area contributed by atoms with Crippen LogP contribution in [0.25, 0.3) is 0 Å². The molecule has 0 aromatic carbocycles. The van der Waals surface area contributed by atoms with E-state index in [9.17, 15) is 8.42 Å². The highest BCUT2D eigenvalue weighted by Crippen LogP contribution is 2.25. The molecule has 2 fully saturated rings. The van der Waals surface area contributed by atoms with Crippen molar-refractivity contribution in [1.29, 1.82) is 0 Å². The second kappa shape index (κ2) is 5.65. The Morgan fingerprint density at radius 2 is 1.84 bits per heavy atom. The van der Waals surface area contributed by atoms with Gasteiger partial charge in [-0.3, -0.25) is 0 Å². The van der Waals surface area contributed by atoms with E-state index in [1.807, 2.05) is 13.8 Å². The van der Waals surface area contributed by atoms with Gasteiger partial charge in [0, 0.05) is 32.7 Å². The van der Waals surface area contributed by atoms with Crippen molar-refractivity contribution in [1.82, 2.24) is 8.61 Å². The number of nitrogens with two attached hydrogens (primary N) is 1. The molecule has 0 amide bonds. The van der Waals surface area contributed by atoms with E-state index in [1.165, 1.54) is 0 Å². The first kappa shape index (κ1) is 15.2. The zero-order chi connectivity index (χ0) is 14.1. The lowest BCUT2D eigenvalue weighted by Crippen LogP contribution is -2.59. The number of hydrogen-bond donors (Lipinski definition) is 1. The molecule has 6 nitrogen and oxygen atoms in total. The molecule has 0 aliphatic carbocycles. The van der Waals surface area contributed by atoms with Gasteiger partial charge in [-0.25, -0.2) is 0 Å². The molecular weight excluding hydrogens is 266 g/mol. The van der Waals surface area contributed by atoms with Crippen molar-refractivity contribution in [2.24, 2.45) is 5.73 Å². The summed E-state index contributed by atoms with van der Waals surface area (Å²) >= 11 is 0. The Bertz CT molecular complexity index is 404. The summed E-state index contributed by atoms with van der Waals surface area (Å²) in [6.07, 6.45) is 2.80. The van der Waals surface area contributed by atoms with Crippen molar-refractivity contribution in [2.45, 2.75) is 44.8 Å². The van der Waals surface area contributed by atoms with Gasteiger partial charge in [0.2, 0.25) is 0 Å². The van der Waals surface area contributed by atoms with E-state index in [-0.39, 0.29) is 6.10 Å². The Morgan fingerprint density at radius 3 is 2.42 bits per heavy atom. The summed E-state index contributed by atoms with van der Waals surface area (Å²) in [6, 6.07) is 0. The number of morpholine rings is 1. The van der Waals surface area contributed by atoms with Gasteiger partial charge in [0.05, 0.1) is 11.7 Å². The third-order valence-corrected chi connectivity index (χ3v) is 5.63. The van der Waals surface area contributed by atoms with Crippen molar-refractivity contribution in [3.63, 3.8) is 0 Å². The maximum atomic E-state index is 12.6. The van der Waals surface area contributed by atoms with Crippen LogP contribution in [0.15, 0.2) is 0 Å². The molecule has 1 unspecified atom stereocenters. The molecule has 0 aromatic heterocycles. The second-order valence-electron chi connectivity index (χ2n) is 6.00. The van der Waals surface area contributed by atoms with E-state index in [0.717, 1.165) is 19.3 Å². The van der Waals surface area contributed by atoms with E-state index in [1.54, 1.807) is 8.61 Å². The van der Waals surface area contributed by atoms with Gasteiger partial charge in [-0.2, -0.15) is 17.0 Å². The number of ether oxygens (including phenoxy) is 1. The lowest BCUT2D eigenvalue weighted by atomic mass is 10.1. The van der Waals surface area contributed by atoms with E-state index < -0.39 is 15.8 Å². The minimum atomic E-state index is -3.37. The lowest BCUT2D eigenvalue weighted by Gasteiger charge is -2.43. The largest absolute Gasteiger partial charge is 0.368 e. The number of piperidine rings is 1. The van der Waals surface area contributed by atoms with Gasteiger partial charge in [0.1, 0.15) is 0 Å². The van der Waals surface area contributed by atoms with Crippen LogP contribution in [-0.2, 0) is 14.9 Å². The average Bonchev–Trinajstić information content (AvgIpc) is 2.37. The monoisotopic (exact) mass is 291 g/mol. The van der Waals surface area contributed by atoms with Gasteiger partial charge in [-0.1, -0.05) is 6.42 Å². The highest BCUT2D eigenvalue weighted by Gasteiger charge is 2.40. The molecule has 112 valence electrons.